The standard InChI is InChI=1S/C12H11NO4.C11H13NO3.CH4/c1-16-10(14)12(4-5-12)7-2-3-9-8(6-7)13-11(15)17-9;1-15-10(14)11(4-5-11)7-2-3-9(13)8(12)6-7;/h2-3,6H,4-5H2,1H3,(H,13,15);2-3,6,13H,4-5,12H2,1H3;1H4. The van der Waals surface area contributed by atoms with Crippen molar-refractivity contribution in [2.75, 3.05) is 20.0 Å². The number of fused-ring (bicyclic) bond motifs is 1. The van der Waals surface area contributed by atoms with Gasteiger partial charge in [0, 0.05) is 0 Å². The number of esters is 2. The molecular weight excluding hydrogens is 428 g/mol. The van der Waals surface area contributed by atoms with Crippen molar-refractivity contribution in [2.45, 2.75) is 43.9 Å². The summed E-state index contributed by atoms with van der Waals surface area (Å²) in [6, 6.07) is 10.2. The number of aromatic hydroxyl groups is 1. The highest BCUT2D eigenvalue weighted by Gasteiger charge is 2.53. The number of ether oxygens (including phenoxy) is 2. The number of carbonyl (C=O) groups is 2. The molecule has 0 spiro atoms. The number of anilines is 1. The average Bonchev–Trinajstić information content (AvgIpc) is 3.71. The first-order valence-electron chi connectivity index (χ1n) is 10.1. The summed E-state index contributed by atoms with van der Waals surface area (Å²) in [5.41, 5.74) is 7.65. The highest BCUT2D eigenvalue weighted by molar-refractivity contribution is 5.88. The number of aromatic amines is 1. The summed E-state index contributed by atoms with van der Waals surface area (Å²) in [6.45, 7) is 0. The molecular formula is C24H28N2O7. The Balaban J connectivity index is 0.000000182. The van der Waals surface area contributed by atoms with Gasteiger partial charge in [0.2, 0.25) is 0 Å². The maximum absolute atomic E-state index is 11.7. The smallest absolute Gasteiger partial charge is 0.417 e. The summed E-state index contributed by atoms with van der Waals surface area (Å²) in [5.74, 6) is -0.894. The van der Waals surface area contributed by atoms with Crippen LogP contribution in [0.15, 0.2) is 45.6 Å². The van der Waals surface area contributed by atoms with Crippen LogP contribution in [0.5, 0.6) is 5.75 Å². The third-order valence-corrected chi connectivity index (χ3v) is 6.20. The minimum atomic E-state index is -0.517. The first-order chi connectivity index (χ1) is 15.3. The van der Waals surface area contributed by atoms with Gasteiger partial charge in [0.05, 0.1) is 36.3 Å². The number of benzene rings is 2. The zero-order valence-corrected chi connectivity index (χ0v) is 17.8. The highest BCUT2D eigenvalue weighted by atomic mass is 16.5. The molecule has 2 fully saturated rings. The van der Waals surface area contributed by atoms with Crippen LogP contribution in [0, 0.1) is 0 Å². The van der Waals surface area contributed by atoms with Gasteiger partial charge in [-0.25, -0.2) is 4.79 Å². The number of nitrogens with one attached hydrogen (secondary N) is 1. The SMILES string of the molecule is C.COC(=O)C1(c2ccc(O)c(N)c2)CC1.COC(=O)C1(c2ccc3oc(=O)[nH]c3c2)CC1. The number of hydrogen-bond acceptors (Lipinski definition) is 8. The lowest BCUT2D eigenvalue weighted by Crippen LogP contribution is -2.21. The van der Waals surface area contributed by atoms with Crippen LogP contribution in [0.3, 0.4) is 0 Å². The third-order valence-electron chi connectivity index (χ3n) is 6.20. The normalized spacial score (nSPS) is 16.5. The maximum atomic E-state index is 11.7. The molecule has 1 heterocycles. The Morgan fingerprint density at radius 3 is 1.97 bits per heavy atom. The number of nitrogens with two attached hydrogens (primary N) is 1. The summed E-state index contributed by atoms with van der Waals surface area (Å²) >= 11 is 0. The number of methoxy groups -OCH3 is 2. The number of phenolic OH excluding ortho intramolecular Hbond substituents is 1. The monoisotopic (exact) mass is 456 g/mol. The van der Waals surface area contributed by atoms with E-state index >= 15 is 0 Å². The number of hydrogen-bond donors (Lipinski definition) is 3. The fourth-order valence-electron chi connectivity index (χ4n) is 3.96. The average molecular weight is 456 g/mol. The van der Waals surface area contributed by atoms with Crippen LogP contribution in [0.25, 0.3) is 11.1 Å². The Bertz CT molecular complexity index is 1250. The lowest BCUT2D eigenvalue weighted by molar-refractivity contribution is -0.144. The predicted molar refractivity (Wildman–Crippen MR) is 122 cm³/mol. The second kappa shape index (κ2) is 8.65. The molecule has 0 bridgehead atoms. The quantitative estimate of drug-likeness (QED) is 0.308. The molecule has 33 heavy (non-hydrogen) atoms. The topological polar surface area (TPSA) is 145 Å². The minimum Gasteiger partial charge on any atom is -0.506 e. The first kappa shape index (κ1) is 23.9. The van der Waals surface area contributed by atoms with Crippen LogP contribution < -0.4 is 11.5 Å². The van der Waals surface area contributed by atoms with Gasteiger partial charge in [0.25, 0.3) is 0 Å². The molecule has 176 valence electrons. The van der Waals surface area contributed by atoms with Crippen LogP contribution in [0.1, 0.15) is 44.2 Å². The van der Waals surface area contributed by atoms with E-state index in [4.69, 9.17) is 19.6 Å². The van der Waals surface area contributed by atoms with Crippen molar-refractivity contribution < 1.29 is 28.6 Å². The minimum absolute atomic E-state index is 0. The van der Waals surface area contributed by atoms with Gasteiger partial charge >= 0.3 is 17.7 Å². The third kappa shape index (κ3) is 4.18. The number of oxazole rings is 1. The molecule has 1 aromatic heterocycles. The molecule has 9 nitrogen and oxygen atoms in total. The number of rotatable bonds is 4. The first-order valence-corrected chi connectivity index (χ1v) is 10.1. The van der Waals surface area contributed by atoms with E-state index in [0.29, 0.717) is 16.8 Å². The van der Waals surface area contributed by atoms with E-state index in [9.17, 15) is 19.5 Å². The second-order valence-corrected chi connectivity index (χ2v) is 8.15. The fraction of sp³-hybridized carbons (Fsp3) is 0.375. The van der Waals surface area contributed by atoms with Crippen molar-refractivity contribution in [3.8, 4) is 5.75 Å². The summed E-state index contributed by atoms with van der Waals surface area (Å²) in [5, 5.41) is 9.28. The molecule has 2 aliphatic rings. The lowest BCUT2D eigenvalue weighted by atomic mass is 9.95. The molecule has 2 aliphatic carbocycles. The van der Waals surface area contributed by atoms with Gasteiger partial charge in [-0.2, -0.15) is 0 Å². The van der Waals surface area contributed by atoms with Crippen LogP contribution in [-0.4, -0.2) is 36.2 Å². The molecule has 9 heteroatoms. The van der Waals surface area contributed by atoms with E-state index in [1.54, 1.807) is 24.3 Å². The van der Waals surface area contributed by atoms with Crippen molar-refractivity contribution in [3.63, 3.8) is 0 Å². The Hall–Kier alpha value is -3.75. The number of nitrogen functional groups attached to an aromatic ring is 1. The molecule has 0 radical (unpaired) electrons. The molecule has 0 amide bonds. The zero-order chi connectivity index (χ0) is 23.1. The van der Waals surface area contributed by atoms with E-state index in [1.165, 1.54) is 20.3 Å². The lowest BCUT2D eigenvalue weighted by Gasteiger charge is -2.13. The molecule has 2 aromatic carbocycles. The Kier molecular flexibility index (Phi) is 6.26. The summed E-state index contributed by atoms with van der Waals surface area (Å²) in [7, 11) is 2.77. The molecule has 4 N–H and O–H groups in total. The van der Waals surface area contributed by atoms with Gasteiger partial charge in [-0.1, -0.05) is 19.6 Å². The second-order valence-electron chi connectivity index (χ2n) is 8.15. The van der Waals surface area contributed by atoms with Gasteiger partial charge < -0.3 is 24.7 Å². The van der Waals surface area contributed by atoms with Gasteiger partial charge in [0.1, 0.15) is 5.75 Å². The molecule has 5 rings (SSSR count). The summed E-state index contributed by atoms with van der Waals surface area (Å²) in [6.07, 6.45) is 3.13. The number of H-pyrrole nitrogens is 1. The largest absolute Gasteiger partial charge is 0.506 e. The van der Waals surface area contributed by atoms with Gasteiger partial charge in [-0.3, -0.25) is 14.6 Å². The molecule has 2 saturated carbocycles. The van der Waals surface area contributed by atoms with Crippen molar-refractivity contribution in [1.29, 1.82) is 0 Å². The van der Waals surface area contributed by atoms with Crippen LogP contribution >= 0.6 is 0 Å². The molecule has 0 saturated heterocycles. The van der Waals surface area contributed by atoms with Gasteiger partial charge in [-0.05, 0) is 61.1 Å². The fourth-order valence-corrected chi connectivity index (χ4v) is 3.96. The number of phenols is 1. The van der Waals surface area contributed by atoms with Crippen LogP contribution in [0.2, 0.25) is 0 Å². The van der Waals surface area contributed by atoms with Gasteiger partial charge in [0.15, 0.2) is 5.58 Å². The molecule has 0 aliphatic heterocycles. The van der Waals surface area contributed by atoms with E-state index in [2.05, 4.69) is 4.98 Å². The maximum Gasteiger partial charge on any atom is 0.417 e. The Labute approximate surface area is 190 Å². The van der Waals surface area contributed by atoms with Crippen LogP contribution in [-0.2, 0) is 29.9 Å². The summed E-state index contributed by atoms with van der Waals surface area (Å²) < 4.78 is 14.5. The van der Waals surface area contributed by atoms with Crippen molar-refractivity contribution in [2.24, 2.45) is 0 Å². The van der Waals surface area contributed by atoms with Gasteiger partial charge in [-0.15, -0.1) is 0 Å². The van der Waals surface area contributed by atoms with Crippen LogP contribution in [0.4, 0.5) is 5.69 Å². The van der Waals surface area contributed by atoms with Crippen molar-refractivity contribution in [1.82, 2.24) is 4.98 Å². The van der Waals surface area contributed by atoms with E-state index < -0.39 is 16.6 Å². The highest BCUT2D eigenvalue weighted by Crippen LogP contribution is 2.50. The van der Waals surface area contributed by atoms with Crippen molar-refractivity contribution in [3.05, 3.63) is 58.1 Å². The predicted octanol–water partition coefficient (Wildman–Crippen LogP) is 3.14. The number of aromatic nitrogens is 1. The molecule has 0 unspecified atom stereocenters. The number of carbonyl (C=O) groups excluding carboxylic acids is 2. The van der Waals surface area contributed by atoms with Crippen molar-refractivity contribution >= 4 is 28.7 Å². The molecule has 0 atom stereocenters. The Morgan fingerprint density at radius 2 is 1.48 bits per heavy atom. The van der Waals surface area contributed by atoms with E-state index in [0.717, 1.165) is 36.8 Å². The Morgan fingerprint density at radius 1 is 0.970 bits per heavy atom. The van der Waals surface area contributed by atoms with E-state index in [1.807, 2.05) is 6.07 Å². The molecule has 3 aromatic rings. The summed E-state index contributed by atoms with van der Waals surface area (Å²) in [4.78, 5) is 36.9. The zero-order valence-electron chi connectivity index (χ0n) is 17.8. The van der Waals surface area contributed by atoms with E-state index in [-0.39, 0.29) is 25.1 Å².